The van der Waals surface area contributed by atoms with Crippen LogP contribution in [-0.2, 0) is 6.18 Å². The molecule has 5 nitrogen and oxygen atoms in total. The van der Waals surface area contributed by atoms with Gasteiger partial charge in [-0.3, -0.25) is 0 Å². The fraction of sp³-hybridized carbons (Fsp3) is 0.478. The SMILES string of the molecule is C1CCNCC1.FC(F)(F)c1cccc(-c2c[nH]c3ncnc(N4CCCCC4)c23)c1. The summed E-state index contributed by atoms with van der Waals surface area (Å²) in [5.74, 6) is 0.790. The molecule has 2 fully saturated rings. The smallest absolute Gasteiger partial charge is 0.356 e. The van der Waals surface area contributed by atoms with Crippen LogP contribution in [0.1, 0.15) is 44.1 Å². The predicted molar refractivity (Wildman–Crippen MR) is 117 cm³/mol. The fourth-order valence-electron chi connectivity index (χ4n) is 4.18. The first-order valence-corrected chi connectivity index (χ1v) is 11.0. The van der Waals surface area contributed by atoms with Crippen molar-refractivity contribution in [2.24, 2.45) is 0 Å². The van der Waals surface area contributed by atoms with E-state index in [4.69, 9.17) is 0 Å². The maximum Gasteiger partial charge on any atom is 0.416 e. The Morgan fingerprint density at radius 1 is 0.903 bits per heavy atom. The van der Waals surface area contributed by atoms with E-state index >= 15 is 0 Å². The van der Waals surface area contributed by atoms with Gasteiger partial charge in [-0.2, -0.15) is 13.2 Å². The second kappa shape index (κ2) is 9.68. The summed E-state index contributed by atoms with van der Waals surface area (Å²) in [6.07, 6.45) is 6.43. The van der Waals surface area contributed by atoms with Gasteiger partial charge >= 0.3 is 6.18 Å². The molecule has 2 aliphatic rings. The standard InChI is InChI=1S/C18H17F3N4.C5H11N/c19-18(20,21)13-6-4-5-12(9-13)14-10-22-16-15(14)17(24-11-23-16)25-7-2-1-3-8-25;1-2-4-6-5-3-1/h4-6,9-11H,1-3,7-8H2,(H,22,23,24);6H,1-5H2. The minimum absolute atomic E-state index is 0.508. The summed E-state index contributed by atoms with van der Waals surface area (Å²) in [5, 5.41) is 4.07. The monoisotopic (exact) mass is 431 g/mol. The number of piperidine rings is 2. The van der Waals surface area contributed by atoms with E-state index in [-0.39, 0.29) is 0 Å². The zero-order valence-corrected chi connectivity index (χ0v) is 17.5. The predicted octanol–water partition coefficient (Wildman–Crippen LogP) is 5.39. The number of aromatic amines is 1. The molecule has 8 heteroatoms. The van der Waals surface area contributed by atoms with Crippen LogP contribution in [0.2, 0.25) is 0 Å². The van der Waals surface area contributed by atoms with Crippen LogP contribution in [0.25, 0.3) is 22.2 Å². The number of fused-ring (bicyclic) bond motifs is 1. The van der Waals surface area contributed by atoms with Crippen LogP contribution in [0.5, 0.6) is 0 Å². The van der Waals surface area contributed by atoms with E-state index in [1.807, 2.05) is 0 Å². The number of benzene rings is 1. The van der Waals surface area contributed by atoms with Crippen LogP contribution in [0.4, 0.5) is 19.0 Å². The molecule has 0 unspecified atom stereocenters. The number of H-pyrrole nitrogens is 1. The average Bonchev–Trinajstić information content (AvgIpc) is 3.25. The molecule has 0 bridgehead atoms. The van der Waals surface area contributed by atoms with Gasteiger partial charge in [0.05, 0.1) is 10.9 Å². The van der Waals surface area contributed by atoms with Gasteiger partial charge in [0, 0.05) is 24.8 Å². The zero-order valence-electron chi connectivity index (χ0n) is 17.5. The molecular formula is C23H28F3N5. The number of rotatable bonds is 2. The Hall–Kier alpha value is -2.61. The van der Waals surface area contributed by atoms with Crippen molar-refractivity contribution in [2.45, 2.75) is 44.7 Å². The second-order valence-corrected chi connectivity index (χ2v) is 8.06. The van der Waals surface area contributed by atoms with E-state index in [9.17, 15) is 13.2 Å². The maximum absolute atomic E-state index is 13.1. The highest BCUT2D eigenvalue weighted by molar-refractivity contribution is 6.01. The lowest BCUT2D eigenvalue weighted by Gasteiger charge is -2.28. The van der Waals surface area contributed by atoms with Crippen molar-refractivity contribution >= 4 is 16.9 Å². The highest BCUT2D eigenvalue weighted by Crippen LogP contribution is 2.37. The minimum Gasteiger partial charge on any atom is -0.356 e. The van der Waals surface area contributed by atoms with E-state index in [1.165, 1.54) is 57.2 Å². The molecule has 4 heterocycles. The third-order valence-electron chi connectivity index (χ3n) is 5.81. The summed E-state index contributed by atoms with van der Waals surface area (Å²) in [6, 6.07) is 5.38. The van der Waals surface area contributed by atoms with Gasteiger partial charge in [0.2, 0.25) is 0 Å². The molecule has 166 valence electrons. The Bertz CT molecular complexity index is 977. The molecule has 5 rings (SSSR count). The number of nitrogens with one attached hydrogen (secondary N) is 2. The molecule has 0 atom stereocenters. The van der Waals surface area contributed by atoms with Crippen molar-refractivity contribution < 1.29 is 13.2 Å². The number of anilines is 1. The van der Waals surface area contributed by atoms with Gasteiger partial charge < -0.3 is 15.2 Å². The maximum atomic E-state index is 13.1. The van der Waals surface area contributed by atoms with Crippen molar-refractivity contribution in [2.75, 3.05) is 31.1 Å². The average molecular weight is 432 g/mol. The minimum atomic E-state index is -4.37. The summed E-state index contributed by atoms with van der Waals surface area (Å²) in [6.45, 7) is 4.30. The van der Waals surface area contributed by atoms with Crippen LogP contribution in [-0.4, -0.2) is 41.1 Å². The molecular weight excluding hydrogens is 403 g/mol. The quantitative estimate of drug-likeness (QED) is 0.571. The largest absolute Gasteiger partial charge is 0.416 e. The molecule has 0 aliphatic carbocycles. The highest BCUT2D eigenvalue weighted by atomic mass is 19.4. The first kappa shape index (κ1) is 21.6. The van der Waals surface area contributed by atoms with Gasteiger partial charge in [0.1, 0.15) is 17.8 Å². The van der Waals surface area contributed by atoms with Gasteiger partial charge in [-0.15, -0.1) is 0 Å². The number of alkyl halides is 3. The van der Waals surface area contributed by atoms with Gasteiger partial charge in [0.15, 0.2) is 0 Å². The van der Waals surface area contributed by atoms with E-state index in [2.05, 4.69) is 25.2 Å². The molecule has 31 heavy (non-hydrogen) atoms. The van der Waals surface area contributed by atoms with Crippen molar-refractivity contribution in [3.63, 3.8) is 0 Å². The third-order valence-corrected chi connectivity index (χ3v) is 5.81. The lowest BCUT2D eigenvalue weighted by atomic mass is 10.0. The number of hydrogen-bond donors (Lipinski definition) is 2. The van der Waals surface area contributed by atoms with E-state index in [0.717, 1.165) is 43.2 Å². The normalized spacial score (nSPS) is 17.3. The molecule has 0 amide bonds. The molecule has 2 N–H and O–H groups in total. The summed E-state index contributed by atoms with van der Waals surface area (Å²) in [7, 11) is 0. The number of hydrogen-bond acceptors (Lipinski definition) is 4. The molecule has 2 saturated heterocycles. The van der Waals surface area contributed by atoms with E-state index in [0.29, 0.717) is 16.8 Å². The molecule has 3 aromatic rings. The molecule has 2 aliphatic heterocycles. The second-order valence-electron chi connectivity index (χ2n) is 8.06. The summed E-state index contributed by atoms with van der Waals surface area (Å²) in [4.78, 5) is 13.9. The lowest BCUT2D eigenvalue weighted by molar-refractivity contribution is -0.137. The molecule has 0 spiro atoms. The van der Waals surface area contributed by atoms with Crippen molar-refractivity contribution in [1.29, 1.82) is 0 Å². The summed E-state index contributed by atoms with van der Waals surface area (Å²) in [5.41, 5.74) is 1.19. The van der Waals surface area contributed by atoms with Crippen LogP contribution in [0, 0.1) is 0 Å². The first-order valence-electron chi connectivity index (χ1n) is 11.0. The molecule has 2 aromatic heterocycles. The molecule has 0 radical (unpaired) electrons. The number of halogens is 3. The van der Waals surface area contributed by atoms with Crippen molar-refractivity contribution in [3.05, 3.63) is 42.4 Å². The Morgan fingerprint density at radius 2 is 1.65 bits per heavy atom. The Morgan fingerprint density at radius 3 is 2.29 bits per heavy atom. The van der Waals surface area contributed by atoms with Gasteiger partial charge in [-0.1, -0.05) is 18.6 Å². The van der Waals surface area contributed by atoms with Gasteiger partial charge in [-0.05, 0) is 62.9 Å². The Kier molecular flexibility index (Phi) is 6.75. The Balaban J connectivity index is 0.000000334. The number of nitrogens with zero attached hydrogens (tertiary/aromatic N) is 3. The van der Waals surface area contributed by atoms with Crippen molar-refractivity contribution in [1.82, 2.24) is 20.3 Å². The zero-order chi connectivity index (χ0) is 21.7. The number of aromatic nitrogens is 3. The fourth-order valence-corrected chi connectivity index (χ4v) is 4.18. The van der Waals surface area contributed by atoms with Crippen molar-refractivity contribution in [3.8, 4) is 11.1 Å². The highest BCUT2D eigenvalue weighted by Gasteiger charge is 2.31. The topological polar surface area (TPSA) is 56.8 Å². The summed E-state index contributed by atoms with van der Waals surface area (Å²) >= 11 is 0. The first-order chi connectivity index (χ1) is 15.0. The third kappa shape index (κ3) is 5.18. The van der Waals surface area contributed by atoms with Crippen LogP contribution in [0.15, 0.2) is 36.8 Å². The molecule has 0 saturated carbocycles. The van der Waals surface area contributed by atoms with Crippen LogP contribution in [0.3, 0.4) is 0 Å². The van der Waals surface area contributed by atoms with Crippen LogP contribution < -0.4 is 10.2 Å². The summed E-state index contributed by atoms with van der Waals surface area (Å²) < 4.78 is 39.2. The lowest BCUT2D eigenvalue weighted by Crippen LogP contribution is -2.30. The van der Waals surface area contributed by atoms with Crippen LogP contribution >= 0.6 is 0 Å². The molecule has 1 aromatic carbocycles. The van der Waals surface area contributed by atoms with E-state index < -0.39 is 11.7 Å². The van der Waals surface area contributed by atoms with Gasteiger partial charge in [-0.25, -0.2) is 9.97 Å². The Labute approximate surface area is 180 Å². The van der Waals surface area contributed by atoms with E-state index in [1.54, 1.807) is 12.3 Å². The van der Waals surface area contributed by atoms with Gasteiger partial charge in [0.25, 0.3) is 0 Å².